The number of carbonyl (C=O) groups excluding carboxylic acids is 1. The minimum atomic E-state index is -0.319. The Labute approximate surface area is 116 Å². The van der Waals surface area contributed by atoms with Gasteiger partial charge in [-0.05, 0) is 12.3 Å². The van der Waals surface area contributed by atoms with Crippen LogP contribution in [0.5, 0.6) is 0 Å². The van der Waals surface area contributed by atoms with Gasteiger partial charge in [0.2, 0.25) is 5.91 Å². The molecule has 2 rings (SSSR count). The molecule has 2 aliphatic heterocycles. The minimum absolute atomic E-state index is 0.129. The summed E-state index contributed by atoms with van der Waals surface area (Å²) in [6.07, 6.45) is 1.75. The molecule has 0 bridgehead atoms. The molecule has 2 aliphatic rings. The molecule has 5 nitrogen and oxygen atoms in total. The molecule has 110 valence electrons. The normalized spacial score (nSPS) is 30.6. The van der Waals surface area contributed by atoms with E-state index in [1.165, 1.54) is 0 Å². The van der Waals surface area contributed by atoms with Crippen LogP contribution in [0, 0.1) is 5.92 Å². The molecule has 2 heterocycles. The van der Waals surface area contributed by atoms with Crippen LogP contribution in [-0.4, -0.2) is 67.2 Å². The summed E-state index contributed by atoms with van der Waals surface area (Å²) in [4.78, 5) is 16.7. The predicted octanol–water partition coefficient (Wildman–Crippen LogP) is 0.293. The van der Waals surface area contributed by atoms with Gasteiger partial charge in [-0.25, -0.2) is 0 Å². The van der Waals surface area contributed by atoms with Gasteiger partial charge in [0.15, 0.2) is 0 Å². The minimum Gasteiger partial charge on any atom is -0.379 e. The lowest BCUT2D eigenvalue weighted by atomic mass is 10.0. The first-order chi connectivity index (χ1) is 9.13. The summed E-state index contributed by atoms with van der Waals surface area (Å²) in [7, 11) is 0. The number of amides is 1. The average Bonchev–Trinajstić information content (AvgIpc) is 2.81. The van der Waals surface area contributed by atoms with Crippen LogP contribution in [0.2, 0.25) is 0 Å². The first kappa shape index (κ1) is 14.8. The highest BCUT2D eigenvalue weighted by Gasteiger charge is 2.37. The van der Waals surface area contributed by atoms with E-state index in [2.05, 4.69) is 18.7 Å². The average molecular weight is 269 g/mol. The van der Waals surface area contributed by atoms with E-state index in [1.54, 1.807) is 0 Å². The second kappa shape index (κ2) is 6.68. The van der Waals surface area contributed by atoms with E-state index in [4.69, 9.17) is 10.5 Å². The third-order valence-electron chi connectivity index (χ3n) is 4.32. The number of likely N-dealkylation sites (tertiary alicyclic amines) is 1. The van der Waals surface area contributed by atoms with Crippen molar-refractivity contribution in [1.82, 2.24) is 9.80 Å². The number of rotatable bonds is 4. The molecule has 5 heteroatoms. The molecule has 2 saturated heterocycles. The maximum Gasteiger partial charge on any atom is 0.239 e. The van der Waals surface area contributed by atoms with E-state index >= 15 is 0 Å². The summed E-state index contributed by atoms with van der Waals surface area (Å²) in [6, 6.07) is 0.155. The molecule has 2 fully saturated rings. The van der Waals surface area contributed by atoms with Gasteiger partial charge in [0.1, 0.15) is 0 Å². The first-order valence-corrected chi connectivity index (χ1v) is 7.49. The highest BCUT2D eigenvalue weighted by molar-refractivity contribution is 5.82. The monoisotopic (exact) mass is 269 g/mol. The van der Waals surface area contributed by atoms with Crippen molar-refractivity contribution < 1.29 is 9.53 Å². The Hall–Kier alpha value is -0.650. The largest absolute Gasteiger partial charge is 0.379 e. The van der Waals surface area contributed by atoms with E-state index in [1.807, 2.05) is 4.90 Å². The summed E-state index contributed by atoms with van der Waals surface area (Å²) in [5.74, 6) is 0.653. The van der Waals surface area contributed by atoms with Gasteiger partial charge in [-0.2, -0.15) is 0 Å². The van der Waals surface area contributed by atoms with Crippen molar-refractivity contribution in [2.24, 2.45) is 11.7 Å². The number of nitrogens with two attached hydrogens (primary N) is 1. The second-order valence-electron chi connectivity index (χ2n) is 5.83. The van der Waals surface area contributed by atoms with Crippen LogP contribution in [0.25, 0.3) is 0 Å². The maximum atomic E-state index is 12.3. The summed E-state index contributed by atoms with van der Waals surface area (Å²) in [6.45, 7) is 9.57. The summed E-state index contributed by atoms with van der Waals surface area (Å²) >= 11 is 0. The van der Waals surface area contributed by atoms with Crippen LogP contribution in [0.15, 0.2) is 0 Å². The van der Waals surface area contributed by atoms with Crippen molar-refractivity contribution in [1.29, 1.82) is 0 Å². The summed E-state index contributed by atoms with van der Waals surface area (Å²) < 4.78 is 5.40. The topological polar surface area (TPSA) is 58.8 Å². The number of ether oxygens (including phenoxy) is 1. The molecule has 19 heavy (non-hydrogen) atoms. The van der Waals surface area contributed by atoms with Gasteiger partial charge in [0, 0.05) is 32.2 Å². The molecule has 0 aromatic carbocycles. The highest BCUT2D eigenvalue weighted by atomic mass is 16.5. The summed E-state index contributed by atoms with van der Waals surface area (Å²) in [5, 5.41) is 0. The lowest BCUT2D eigenvalue weighted by Gasteiger charge is -2.34. The van der Waals surface area contributed by atoms with E-state index < -0.39 is 0 Å². The van der Waals surface area contributed by atoms with Gasteiger partial charge in [-0.15, -0.1) is 0 Å². The number of nitrogens with zero attached hydrogens (tertiary/aromatic N) is 2. The highest BCUT2D eigenvalue weighted by Crippen LogP contribution is 2.23. The van der Waals surface area contributed by atoms with Gasteiger partial charge in [0.05, 0.1) is 19.3 Å². The van der Waals surface area contributed by atoms with Gasteiger partial charge in [-0.3, -0.25) is 9.69 Å². The SMILES string of the molecule is CCCC(N)C(=O)N1CC(C)C(N2CCOCC2)C1. The van der Waals surface area contributed by atoms with Crippen LogP contribution in [-0.2, 0) is 9.53 Å². The Morgan fingerprint density at radius 1 is 1.37 bits per heavy atom. The van der Waals surface area contributed by atoms with Crippen LogP contribution >= 0.6 is 0 Å². The molecule has 3 unspecified atom stereocenters. The van der Waals surface area contributed by atoms with Crippen molar-refractivity contribution in [2.75, 3.05) is 39.4 Å². The van der Waals surface area contributed by atoms with E-state index in [-0.39, 0.29) is 11.9 Å². The fourth-order valence-electron chi connectivity index (χ4n) is 3.18. The summed E-state index contributed by atoms with van der Waals surface area (Å²) in [5.41, 5.74) is 5.95. The molecule has 0 aliphatic carbocycles. The van der Waals surface area contributed by atoms with Crippen molar-refractivity contribution >= 4 is 5.91 Å². The van der Waals surface area contributed by atoms with Gasteiger partial charge in [-0.1, -0.05) is 20.3 Å². The molecule has 0 spiro atoms. The fraction of sp³-hybridized carbons (Fsp3) is 0.929. The lowest BCUT2D eigenvalue weighted by molar-refractivity contribution is -0.132. The number of carbonyl (C=O) groups is 1. The number of hydrogen-bond acceptors (Lipinski definition) is 4. The zero-order valence-corrected chi connectivity index (χ0v) is 12.2. The quantitative estimate of drug-likeness (QED) is 0.797. The van der Waals surface area contributed by atoms with Gasteiger partial charge in [0.25, 0.3) is 0 Å². The number of hydrogen-bond donors (Lipinski definition) is 1. The molecule has 0 aromatic rings. The molecular weight excluding hydrogens is 242 g/mol. The Kier molecular flexibility index (Phi) is 5.19. The maximum absolute atomic E-state index is 12.3. The second-order valence-corrected chi connectivity index (χ2v) is 5.83. The van der Waals surface area contributed by atoms with Gasteiger partial charge >= 0.3 is 0 Å². The molecule has 0 saturated carbocycles. The van der Waals surface area contributed by atoms with Crippen molar-refractivity contribution in [3.05, 3.63) is 0 Å². The predicted molar refractivity (Wildman–Crippen MR) is 74.8 cm³/mol. The van der Waals surface area contributed by atoms with Crippen molar-refractivity contribution in [3.63, 3.8) is 0 Å². The molecule has 3 atom stereocenters. The molecule has 1 amide bonds. The standard InChI is InChI=1S/C14H27N3O2/c1-3-4-12(15)14(18)17-9-11(2)13(10-17)16-5-7-19-8-6-16/h11-13H,3-10,15H2,1-2H3. The molecule has 0 radical (unpaired) electrons. The first-order valence-electron chi connectivity index (χ1n) is 7.49. The fourth-order valence-corrected chi connectivity index (χ4v) is 3.18. The Morgan fingerprint density at radius 3 is 2.68 bits per heavy atom. The molecule has 2 N–H and O–H groups in total. The van der Waals surface area contributed by atoms with Crippen LogP contribution in [0.3, 0.4) is 0 Å². The third-order valence-corrected chi connectivity index (χ3v) is 4.32. The van der Waals surface area contributed by atoms with E-state index in [0.29, 0.717) is 12.0 Å². The van der Waals surface area contributed by atoms with Crippen LogP contribution in [0.1, 0.15) is 26.7 Å². The molecular formula is C14H27N3O2. The molecule has 0 aromatic heterocycles. The third kappa shape index (κ3) is 3.46. The lowest BCUT2D eigenvalue weighted by Crippen LogP contribution is -2.48. The van der Waals surface area contributed by atoms with E-state index in [0.717, 1.165) is 52.2 Å². The Bertz CT molecular complexity index is 305. The number of morpholine rings is 1. The Balaban J connectivity index is 1.90. The van der Waals surface area contributed by atoms with Crippen LogP contribution in [0.4, 0.5) is 0 Å². The van der Waals surface area contributed by atoms with Crippen LogP contribution < -0.4 is 5.73 Å². The Morgan fingerprint density at radius 2 is 2.05 bits per heavy atom. The zero-order valence-electron chi connectivity index (χ0n) is 12.2. The smallest absolute Gasteiger partial charge is 0.239 e. The van der Waals surface area contributed by atoms with E-state index in [9.17, 15) is 4.79 Å². The van der Waals surface area contributed by atoms with Crippen molar-refractivity contribution in [3.8, 4) is 0 Å². The zero-order chi connectivity index (χ0) is 13.8. The van der Waals surface area contributed by atoms with Gasteiger partial charge < -0.3 is 15.4 Å². The van der Waals surface area contributed by atoms with Crippen molar-refractivity contribution in [2.45, 2.75) is 38.8 Å².